The molecule has 4 rings (SSSR count). The molecule has 4 aromatic rings. The molecule has 2 aromatic heterocycles. The van der Waals surface area contributed by atoms with Crippen molar-refractivity contribution >= 4 is 45.8 Å². The molecule has 0 radical (unpaired) electrons. The SMILES string of the molecule is O=C(CCc1cc(Cl)no1)Nc1ccc2oc(-c3ccccc3Cl)cc(=O)c2c1. The number of halogens is 2. The Kier molecular flexibility index (Phi) is 5.38. The van der Waals surface area contributed by atoms with E-state index in [2.05, 4.69) is 10.5 Å². The minimum Gasteiger partial charge on any atom is -0.456 e. The number of aromatic nitrogens is 1. The first-order chi connectivity index (χ1) is 14.0. The predicted octanol–water partition coefficient (Wildman–Crippen LogP) is 5.33. The fourth-order valence-electron chi connectivity index (χ4n) is 2.89. The molecular formula is C21H14Cl2N2O4. The first-order valence-electron chi connectivity index (χ1n) is 8.73. The summed E-state index contributed by atoms with van der Waals surface area (Å²) in [6.45, 7) is 0. The Morgan fingerprint density at radius 2 is 1.90 bits per heavy atom. The highest BCUT2D eigenvalue weighted by atomic mass is 35.5. The van der Waals surface area contributed by atoms with Crippen LogP contribution in [0, 0.1) is 0 Å². The van der Waals surface area contributed by atoms with Gasteiger partial charge in [0.1, 0.15) is 17.1 Å². The van der Waals surface area contributed by atoms with Gasteiger partial charge in [0, 0.05) is 36.2 Å². The number of amides is 1. The van der Waals surface area contributed by atoms with Gasteiger partial charge in [0.2, 0.25) is 5.91 Å². The van der Waals surface area contributed by atoms with Crippen molar-refractivity contribution in [1.29, 1.82) is 0 Å². The normalized spacial score (nSPS) is 11.0. The number of carbonyl (C=O) groups is 1. The molecule has 0 saturated carbocycles. The molecule has 2 aromatic carbocycles. The smallest absolute Gasteiger partial charge is 0.224 e. The molecule has 0 fully saturated rings. The molecule has 0 aliphatic heterocycles. The summed E-state index contributed by atoms with van der Waals surface area (Å²) >= 11 is 11.9. The molecule has 29 heavy (non-hydrogen) atoms. The summed E-state index contributed by atoms with van der Waals surface area (Å²) in [5, 5.41) is 7.42. The van der Waals surface area contributed by atoms with Crippen molar-refractivity contribution in [2.75, 3.05) is 5.32 Å². The van der Waals surface area contributed by atoms with Crippen LogP contribution in [-0.4, -0.2) is 11.1 Å². The van der Waals surface area contributed by atoms with Crippen LogP contribution in [0.5, 0.6) is 0 Å². The molecule has 1 N–H and O–H groups in total. The van der Waals surface area contributed by atoms with Gasteiger partial charge in [0.15, 0.2) is 10.6 Å². The van der Waals surface area contributed by atoms with E-state index in [1.54, 1.807) is 42.5 Å². The molecule has 0 aliphatic carbocycles. The van der Waals surface area contributed by atoms with Crippen molar-refractivity contribution in [3.63, 3.8) is 0 Å². The van der Waals surface area contributed by atoms with Gasteiger partial charge in [-0.05, 0) is 30.3 Å². The van der Waals surface area contributed by atoms with Crippen LogP contribution in [-0.2, 0) is 11.2 Å². The van der Waals surface area contributed by atoms with E-state index >= 15 is 0 Å². The molecule has 0 unspecified atom stereocenters. The maximum absolute atomic E-state index is 12.6. The van der Waals surface area contributed by atoms with Crippen LogP contribution in [0.15, 0.2) is 68.3 Å². The van der Waals surface area contributed by atoms with Crippen molar-refractivity contribution in [3.05, 3.63) is 80.8 Å². The van der Waals surface area contributed by atoms with E-state index in [-0.39, 0.29) is 22.9 Å². The molecule has 6 nitrogen and oxygen atoms in total. The summed E-state index contributed by atoms with van der Waals surface area (Å²) in [6.07, 6.45) is 0.548. The van der Waals surface area contributed by atoms with Crippen LogP contribution >= 0.6 is 23.2 Å². The van der Waals surface area contributed by atoms with Crippen molar-refractivity contribution in [2.24, 2.45) is 0 Å². The summed E-state index contributed by atoms with van der Waals surface area (Å²) in [7, 11) is 0. The Morgan fingerprint density at radius 3 is 2.66 bits per heavy atom. The number of aryl methyl sites for hydroxylation is 1. The zero-order chi connectivity index (χ0) is 20.4. The van der Waals surface area contributed by atoms with Crippen LogP contribution < -0.4 is 10.7 Å². The van der Waals surface area contributed by atoms with Crippen LogP contribution in [0.1, 0.15) is 12.2 Å². The number of anilines is 1. The number of hydrogen-bond acceptors (Lipinski definition) is 5. The number of fused-ring (bicyclic) bond motifs is 1. The monoisotopic (exact) mass is 428 g/mol. The molecule has 0 aliphatic rings. The summed E-state index contributed by atoms with van der Waals surface area (Å²) < 4.78 is 10.8. The van der Waals surface area contributed by atoms with E-state index < -0.39 is 0 Å². The van der Waals surface area contributed by atoms with E-state index in [0.29, 0.717) is 45.2 Å². The highest BCUT2D eigenvalue weighted by molar-refractivity contribution is 6.33. The third kappa shape index (κ3) is 4.34. The highest BCUT2D eigenvalue weighted by Crippen LogP contribution is 2.29. The van der Waals surface area contributed by atoms with Gasteiger partial charge in [-0.15, -0.1) is 0 Å². The highest BCUT2D eigenvalue weighted by Gasteiger charge is 2.12. The summed E-state index contributed by atoms with van der Waals surface area (Å²) in [4.78, 5) is 24.8. The molecular weight excluding hydrogens is 415 g/mol. The Morgan fingerprint density at radius 1 is 1.07 bits per heavy atom. The molecule has 146 valence electrons. The van der Waals surface area contributed by atoms with E-state index in [0.717, 1.165) is 0 Å². The van der Waals surface area contributed by atoms with E-state index in [1.807, 2.05) is 6.07 Å². The van der Waals surface area contributed by atoms with Gasteiger partial charge in [-0.1, -0.05) is 40.5 Å². The van der Waals surface area contributed by atoms with Gasteiger partial charge in [0.25, 0.3) is 0 Å². The van der Waals surface area contributed by atoms with Crippen LogP contribution in [0.25, 0.3) is 22.3 Å². The maximum atomic E-state index is 12.6. The third-order valence-electron chi connectivity index (χ3n) is 4.28. The minimum absolute atomic E-state index is 0.184. The van der Waals surface area contributed by atoms with Crippen molar-refractivity contribution in [1.82, 2.24) is 5.16 Å². The molecule has 0 atom stereocenters. The fraction of sp³-hybridized carbons (Fsp3) is 0.0952. The first-order valence-corrected chi connectivity index (χ1v) is 9.49. The van der Waals surface area contributed by atoms with Crippen molar-refractivity contribution < 1.29 is 13.7 Å². The van der Waals surface area contributed by atoms with Crippen LogP contribution in [0.3, 0.4) is 0 Å². The molecule has 8 heteroatoms. The molecule has 0 bridgehead atoms. The lowest BCUT2D eigenvalue weighted by molar-refractivity contribution is -0.116. The second-order valence-corrected chi connectivity index (χ2v) is 7.12. The maximum Gasteiger partial charge on any atom is 0.224 e. The fourth-order valence-corrected chi connectivity index (χ4v) is 3.28. The Hall–Kier alpha value is -3.09. The quantitative estimate of drug-likeness (QED) is 0.464. The van der Waals surface area contributed by atoms with Gasteiger partial charge in [-0.3, -0.25) is 9.59 Å². The second-order valence-electron chi connectivity index (χ2n) is 6.33. The van der Waals surface area contributed by atoms with Gasteiger partial charge in [0.05, 0.1) is 10.4 Å². The lowest BCUT2D eigenvalue weighted by Gasteiger charge is -2.08. The minimum atomic E-state index is -0.228. The van der Waals surface area contributed by atoms with Crippen LogP contribution in [0.4, 0.5) is 5.69 Å². The number of nitrogens with zero attached hydrogens (tertiary/aromatic N) is 1. The number of hydrogen-bond donors (Lipinski definition) is 1. The summed E-state index contributed by atoms with van der Waals surface area (Å²) in [6, 6.07) is 15.0. The van der Waals surface area contributed by atoms with Gasteiger partial charge < -0.3 is 14.3 Å². The molecule has 0 saturated heterocycles. The van der Waals surface area contributed by atoms with E-state index in [4.69, 9.17) is 32.1 Å². The molecule has 2 heterocycles. The Labute approximate surface area is 175 Å². The lowest BCUT2D eigenvalue weighted by atomic mass is 10.1. The third-order valence-corrected chi connectivity index (χ3v) is 4.79. The zero-order valence-corrected chi connectivity index (χ0v) is 16.5. The van der Waals surface area contributed by atoms with E-state index in [1.165, 1.54) is 6.07 Å². The average Bonchev–Trinajstić information content (AvgIpc) is 3.12. The Bertz CT molecular complexity index is 1260. The molecule has 0 spiro atoms. The summed E-state index contributed by atoms with van der Waals surface area (Å²) in [5.41, 5.74) is 1.31. The molecule has 1 amide bonds. The number of carbonyl (C=O) groups excluding carboxylic acids is 1. The largest absolute Gasteiger partial charge is 0.456 e. The van der Waals surface area contributed by atoms with Crippen LogP contribution in [0.2, 0.25) is 10.2 Å². The van der Waals surface area contributed by atoms with E-state index in [9.17, 15) is 9.59 Å². The summed E-state index contributed by atoms with van der Waals surface area (Å²) in [5.74, 6) is 0.681. The number of rotatable bonds is 5. The zero-order valence-electron chi connectivity index (χ0n) is 14.9. The van der Waals surface area contributed by atoms with Gasteiger partial charge in [-0.25, -0.2) is 0 Å². The van der Waals surface area contributed by atoms with Gasteiger partial charge in [-0.2, -0.15) is 0 Å². The standard InChI is InChI=1S/C21H14Cl2N2O4/c22-16-4-2-1-3-14(16)19-11-17(26)15-9-12(5-7-18(15)28-19)24-21(27)8-6-13-10-20(23)25-29-13/h1-5,7,9-11H,6,8H2,(H,24,27). The van der Waals surface area contributed by atoms with Gasteiger partial charge >= 0.3 is 0 Å². The second kappa shape index (κ2) is 8.11. The van der Waals surface area contributed by atoms with Crippen molar-refractivity contribution in [2.45, 2.75) is 12.8 Å². The number of nitrogens with one attached hydrogen (secondary N) is 1. The first kappa shape index (κ1) is 19.2. The topological polar surface area (TPSA) is 85.3 Å². The lowest BCUT2D eigenvalue weighted by Crippen LogP contribution is -2.12. The Balaban J connectivity index is 1.54. The average molecular weight is 429 g/mol. The van der Waals surface area contributed by atoms with Crippen molar-refractivity contribution in [3.8, 4) is 11.3 Å². The predicted molar refractivity (Wildman–Crippen MR) is 111 cm³/mol. The number of benzene rings is 2.